The van der Waals surface area contributed by atoms with Crippen LogP contribution >= 0.6 is 0 Å². The van der Waals surface area contributed by atoms with Crippen LogP contribution in [0, 0.1) is 6.92 Å². The van der Waals surface area contributed by atoms with Gasteiger partial charge in [0, 0.05) is 34.7 Å². The van der Waals surface area contributed by atoms with Crippen molar-refractivity contribution in [3.8, 4) is 5.69 Å². The average Bonchev–Trinajstić information content (AvgIpc) is 2.84. The van der Waals surface area contributed by atoms with Crippen LogP contribution in [0.1, 0.15) is 35.9 Å². The summed E-state index contributed by atoms with van der Waals surface area (Å²) in [6, 6.07) is 10.5. The topological polar surface area (TPSA) is 38.0 Å². The van der Waals surface area contributed by atoms with E-state index in [0.29, 0.717) is 0 Å². The lowest BCUT2D eigenvalue weighted by Gasteiger charge is -2.21. The Hall–Kier alpha value is -2.13. The Morgan fingerprint density at radius 3 is 3.10 bits per heavy atom. The molecule has 0 aliphatic heterocycles. The second kappa shape index (κ2) is 4.71. The molecule has 0 spiro atoms. The first-order chi connectivity index (χ1) is 10.3. The van der Waals surface area contributed by atoms with Crippen molar-refractivity contribution in [3.63, 3.8) is 0 Å². The molecule has 1 unspecified atom stereocenters. The van der Waals surface area contributed by atoms with Crippen LogP contribution in [0.4, 0.5) is 0 Å². The van der Waals surface area contributed by atoms with Gasteiger partial charge in [0.15, 0.2) is 0 Å². The summed E-state index contributed by atoms with van der Waals surface area (Å²) < 4.78 is 2.29. The molecule has 0 saturated carbocycles. The summed E-state index contributed by atoms with van der Waals surface area (Å²) in [5, 5.41) is 12.6. The first kappa shape index (κ1) is 12.6. The molecule has 1 N–H and O–H groups in total. The lowest BCUT2D eigenvalue weighted by atomic mass is 9.95. The first-order valence-corrected chi connectivity index (χ1v) is 7.48. The van der Waals surface area contributed by atoms with Gasteiger partial charge in [0.25, 0.3) is 0 Å². The molecule has 1 aliphatic carbocycles. The van der Waals surface area contributed by atoms with Gasteiger partial charge in [-0.05, 0) is 49.8 Å². The molecule has 0 radical (unpaired) electrons. The van der Waals surface area contributed by atoms with E-state index in [-0.39, 0.29) is 6.10 Å². The summed E-state index contributed by atoms with van der Waals surface area (Å²) in [6.07, 6.45) is 6.37. The van der Waals surface area contributed by atoms with Crippen molar-refractivity contribution in [1.82, 2.24) is 9.55 Å². The molecular formula is C18H18N2O. The molecule has 0 saturated heterocycles. The van der Waals surface area contributed by atoms with Crippen LogP contribution in [-0.2, 0) is 6.42 Å². The summed E-state index contributed by atoms with van der Waals surface area (Å²) in [4.78, 5) is 4.28. The van der Waals surface area contributed by atoms with Crippen molar-refractivity contribution in [2.45, 2.75) is 32.3 Å². The van der Waals surface area contributed by atoms with Gasteiger partial charge in [-0.25, -0.2) is 0 Å². The van der Waals surface area contributed by atoms with Crippen LogP contribution in [0.5, 0.6) is 0 Å². The van der Waals surface area contributed by atoms with Crippen molar-refractivity contribution in [2.75, 3.05) is 0 Å². The van der Waals surface area contributed by atoms with Crippen molar-refractivity contribution in [1.29, 1.82) is 0 Å². The summed E-state index contributed by atoms with van der Waals surface area (Å²) in [6.45, 7) is 2.11. The Morgan fingerprint density at radius 2 is 2.19 bits per heavy atom. The Morgan fingerprint density at radius 1 is 1.29 bits per heavy atom. The van der Waals surface area contributed by atoms with E-state index in [1.165, 1.54) is 16.8 Å². The zero-order valence-corrected chi connectivity index (χ0v) is 12.1. The van der Waals surface area contributed by atoms with Crippen LogP contribution in [0.3, 0.4) is 0 Å². The number of benzene rings is 1. The minimum atomic E-state index is -0.318. The zero-order chi connectivity index (χ0) is 14.4. The number of aromatic nitrogens is 2. The third-order valence-corrected chi connectivity index (χ3v) is 4.47. The number of nitrogens with zero attached hydrogens (tertiary/aromatic N) is 2. The van der Waals surface area contributed by atoms with E-state index in [1.54, 1.807) is 0 Å². The molecule has 0 bridgehead atoms. The minimum absolute atomic E-state index is 0.318. The average molecular weight is 278 g/mol. The predicted molar refractivity (Wildman–Crippen MR) is 83.7 cm³/mol. The highest BCUT2D eigenvalue weighted by molar-refractivity contribution is 5.89. The lowest BCUT2D eigenvalue weighted by Crippen LogP contribution is -2.11. The van der Waals surface area contributed by atoms with E-state index in [4.69, 9.17) is 0 Å². The molecule has 106 valence electrons. The molecule has 3 nitrogen and oxygen atoms in total. The summed E-state index contributed by atoms with van der Waals surface area (Å²) in [5.41, 5.74) is 4.69. The lowest BCUT2D eigenvalue weighted by molar-refractivity contribution is 0.156. The Balaban J connectivity index is 2.02. The van der Waals surface area contributed by atoms with E-state index in [0.717, 1.165) is 35.9 Å². The fourth-order valence-electron chi connectivity index (χ4n) is 3.51. The molecule has 1 aromatic carbocycles. The number of aryl methyl sites for hydroxylation is 1. The second-order valence-corrected chi connectivity index (χ2v) is 5.81. The minimum Gasteiger partial charge on any atom is -0.388 e. The van der Waals surface area contributed by atoms with E-state index >= 15 is 0 Å². The predicted octanol–water partition coefficient (Wildman–Crippen LogP) is 3.70. The highest BCUT2D eigenvalue weighted by atomic mass is 16.3. The van der Waals surface area contributed by atoms with E-state index in [2.05, 4.69) is 40.7 Å². The SMILES string of the molecule is Cc1cc2c(n1-c1cccc3ccncc13)CCCC2O. The number of aliphatic hydroxyl groups is 1. The van der Waals surface area contributed by atoms with Crippen molar-refractivity contribution in [2.24, 2.45) is 0 Å². The molecule has 3 heteroatoms. The Labute approximate surface area is 123 Å². The van der Waals surface area contributed by atoms with Gasteiger partial charge in [-0.3, -0.25) is 4.98 Å². The number of fused-ring (bicyclic) bond motifs is 2. The largest absolute Gasteiger partial charge is 0.388 e. The third kappa shape index (κ3) is 1.88. The van der Waals surface area contributed by atoms with E-state index < -0.39 is 0 Å². The molecule has 2 aromatic heterocycles. The molecule has 21 heavy (non-hydrogen) atoms. The van der Waals surface area contributed by atoms with Gasteiger partial charge in [-0.1, -0.05) is 12.1 Å². The van der Waals surface area contributed by atoms with Gasteiger partial charge in [0.05, 0.1) is 11.8 Å². The summed E-state index contributed by atoms with van der Waals surface area (Å²) >= 11 is 0. The van der Waals surface area contributed by atoms with Crippen LogP contribution in [0.15, 0.2) is 42.7 Å². The molecule has 1 aliphatic rings. The molecule has 0 amide bonds. The third-order valence-electron chi connectivity index (χ3n) is 4.47. The maximum Gasteiger partial charge on any atom is 0.0807 e. The molecule has 0 fully saturated rings. The van der Waals surface area contributed by atoms with Crippen molar-refractivity contribution < 1.29 is 5.11 Å². The van der Waals surface area contributed by atoms with Crippen molar-refractivity contribution >= 4 is 10.8 Å². The number of hydrogen-bond acceptors (Lipinski definition) is 2. The molecule has 4 rings (SSSR count). The van der Waals surface area contributed by atoms with Crippen LogP contribution in [0.2, 0.25) is 0 Å². The quantitative estimate of drug-likeness (QED) is 0.737. The summed E-state index contributed by atoms with van der Waals surface area (Å²) in [7, 11) is 0. The fourth-order valence-corrected chi connectivity index (χ4v) is 3.51. The fraction of sp³-hybridized carbons (Fsp3) is 0.278. The van der Waals surface area contributed by atoms with Gasteiger partial charge >= 0.3 is 0 Å². The zero-order valence-electron chi connectivity index (χ0n) is 12.1. The second-order valence-electron chi connectivity index (χ2n) is 5.81. The monoisotopic (exact) mass is 278 g/mol. The number of pyridine rings is 1. The molecule has 3 aromatic rings. The molecule has 2 heterocycles. The normalized spacial score (nSPS) is 17.9. The Bertz CT molecular complexity index is 814. The van der Waals surface area contributed by atoms with Gasteiger partial charge < -0.3 is 9.67 Å². The highest BCUT2D eigenvalue weighted by Crippen LogP contribution is 2.35. The maximum absolute atomic E-state index is 10.2. The van der Waals surface area contributed by atoms with Crippen molar-refractivity contribution in [3.05, 3.63) is 59.7 Å². The number of aliphatic hydroxyl groups excluding tert-OH is 1. The number of rotatable bonds is 1. The van der Waals surface area contributed by atoms with E-state index in [1.807, 2.05) is 18.5 Å². The van der Waals surface area contributed by atoms with Gasteiger partial charge in [0.2, 0.25) is 0 Å². The van der Waals surface area contributed by atoms with Gasteiger partial charge in [0.1, 0.15) is 0 Å². The first-order valence-electron chi connectivity index (χ1n) is 7.48. The van der Waals surface area contributed by atoms with Gasteiger partial charge in [-0.15, -0.1) is 0 Å². The van der Waals surface area contributed by atoms with E-state index in [9.17, 15) is 5.11 Å². The standard InChI is InChI=1S/C18H18N2O/c1-12-10-14-16(6-3-7-18(14)21)20(12)17-5-2-4-13-8-9-19-11-15(13)17/h2,4-5,8-11,18,21H,3,6-7H2,1H3. The summed E-state index contributed by atoms with van der Waals surface area (Å²) in [5.74, 6) is 0. The Kier molecular flexibility index (Phi) is 2.82. The molecular weight excluding hydrogens is 260 g/mol. The van der Waals surface area contributed by atoms with Gasteiger partial charge in [-0.2, -0.15) is 0 Å². The smallest absolute Gasteiger partial charge is 0.0807 e. The van der Waals surface area contributed by atoms with Crippen LogP contribution in [0.25, 0.3) is 16.5 Å². The number of hydrogen-bond donors (Lipinski definition) is 1. The van der Waals surface area contributed by atoms with Crippen LogP contribution < -0.4 is 0 Å². The maximum atomic E-state index is 10.2. The molecule has 1 atom stereocenters. The highest BCUT2D eigenvalue weighted by Gasteiger charge is 2.24. The van der Waals surface area contributed by atoms with Crippen LogP contribution in [-0.4, -0.2) is 14.7 Å².